The highest BCUT2D eigenvalue weighted by Gasteiger charge is 2.52. The maximum Gasteiger partial charge on any atom is 0.411 e. The van der Waals surface area contributed by atoms with Crippen molar-refractivity contribution in [2.24, 2.45) is 5.92 Å². The van der Waals surface area contributed by atoms with Gasteiger partial charge < -0.3 is 9.84 Å². The number of carboxylic acid groups (broad SMARTS) is 1. The average Bonchev–Trinajstić information content (AvgIpc) is 2.42. The van der Waals surface area contributed by atoms with Gasteiger partial charge in [-0.05, 0) is 40.0 Å². The van der Waals surface area contributed by atoms with Crippen molar-refractivity contribution < 1.29 is 19.4 Å². The highest BCUT2D eigenvalue weighted by Crippen LogP contribution is 2.35. The molecule has 0 aromatic heterocycles. The number of rotatable bonds is 1. The van der Waals surface area contributed by atoms with Gasteiger partial charge in [-0.1, -0.05) is 6.92 Å². The topological polar surface area (TPSA) is 66.8 Å². The molecule has 98 valence electrons. The lowest BCUT2D eigenvalue weighted by molar-refractivity contribution is -0.150. The van der Waals surface area contributed by atoms with Gasteiger partial charge in [-0.25, -0.2) is 9.59 Å². The Morgan fingerprint density at radius 2 is 1.94 bits per heavy atom. The number of likely N-dealkylation sites (tertiary alicyclic amines) is 1. The smallest absolute Gasteiger partial charge is 0.411 e. The molecular weight excluding hydrogens is 222 g/mol. The van der Waals surface area contributed by atoms with Crippen LogP contribution >= 0.6 is 0 Å². The minimum Gasteiger partial charge on any atom is -0.479 e. The van der Waals surface area contributed by atoms with Gasteiger partial charge in [0.25, 0.3) is 0 Å². The fourth-order valence-electron chi connectivity index (χ4n) is 2.03. The standard InChI is InChI=1S/C12H21NO4/c1-8-6-7-13(12(8,5)9(14)15)10(16)17-11(2,3)4/h8H,6-7H2,1-5H3,(H,14,15)/t8-,12+/m0/s1. The molecule has 2 atom stereocenters. The molecule has 1 aliphatic heterocycles. The Labute approximate surface area is 102 Å². The van der Waals surface area contributed by atoms with E-state index >= 15 is 0 Å². The van der Waals surface area contributed by atoms with Gasteiger partial charge in [-0.3, -0.25) is 4.90 Å². The molecule has 1 aliphatic rings. The zero-order valence-corrected chi connectivity index (χ0v) is 11.1. The predicted molar refractivity (Wildman–Crippen MR) is 62.8 cm³/mol. The summed E-state index contributed by atoms with van der Waals surface area (Å²) in [6, 6.07) is 0. The van der Waals surface area contributed by atoms with E-state index in [1.165, 1.54) is 4.90 Å². The monoisotopic (exact) mass is 243 g/mol. The molecule has 1 heterocycles. The van der Waals surface area contributed by atoms with Crippen molar-refractivity contribution in [3.8, 4) is 0 Å². The molecule has 0 saturated carbocycles. The van der Waals surface area contributed by atoms with Crippen LogP contribution in [-0.4, -0.2) is 39.8 Å². The van der Waals surface area contributed by atoms with Gasteiger partial charge in [0, 0.05) is 6.54 Å². The van der Waals surface area contributed by atoms with Gasteiger partial charge in [0.05, 0.1) is 0 Å². The zero-order chi connectivity index (χ0) is 13.4. The molecule has 1 amide bonds. The van der Waals surface area contributed by atoms with Crippen molar-refractivity contribution in [3.05, 3.63) is 0 Å². The summed E-state index contributed by atoms with van der Waals surface area (Å²) in [5, 5.41) is 9.31. The van der Waals surface area contributed by atoms with E-state index in [2.05, 4.69) is 0 Å². The third-order valence-electron chi connectivity index (χ3n) is 3.35. The number of amides is 1. The molecule has 1 fully saturated rings. The summed E-state index contributed by atoms with van der Waals surface area (Å²) in [6.07, 6.45) is 0.133. The van der Waals surface area contributed by atoms with E-state index in [1.807, 2.05) is 6.92 Å². The minimum atomic E-state index is -1.16. The van der Waals surface area contributed by atoms with E-state index in [-0.39, 0.29) is 5.92 Å². The lowest BCUT2D eigenvalue weighted by Crippen LogP contribution is -2.54. The Kier molecular flexibility index (Phi) is 3.41. The van der Waals surface area contributed by atoms with Crippen LogP contribution in [0.25, 0.3) is 0 Å². The normalized spacial score (nSPS) is 29.2. The van der Waals surface area contributed by atoms with Crippen LogP contribution in [0.4, 0.5) is 4.79 Å². The molecule has 0 spiro atoms. The van der Waals surface area contributed by atoms with Gasteiger partial charge in [-0.2, -0.15) is 0 Å². The van der Waals surface area contributed by atoms with Crippen molar-refractivity contribution in [2.75, 3.05) is 6.54 Å². The first kappa shape index (κ1) is 13.8. The van der Waals surface area contributed by atoms with Crippen LogP contribution in [-0.2, 0) is 9.53 Å². The van der Waals surface area contributed by atoms with E-state index in [4.69, 9.17) is 4.74 Å². The van der Waals surface area contributed by atoms with E-state index in [0.717, 1.165) is 0 Å². The third kappa shape index (κ3) is 2.53. The number of aliphatic carboxylic acids is 1. The molecule has 1 saturated heterocycles. The Morgan fingerprint density at radius 1 is 1.41 bits per heavy atom. The number of carbonyl (C=O) groups is 2. The van der Waals surface area contributed by atoms with E-state index in [9.17, 15) is 14.7 Å². The van der Waals surface area contributed by atoms with Gasteiger partial charge in [0.2, 0.25) is 0 Å². The Balaban J connectivity index is 2.91. The highest BCUT2D eigenvalue weighted by molar-refractivity contribution is 5.85. The first-order valence-electron chi connectivity index (χ1n) is 5.83. The number of carboxylic acids is 1. The molecule has 0 aliphatic carbocycles. The first-order valence-corrected chi connectivity index (χ1v) is 5.83. The average molecular weight is 243 g/mol. The zero-order valence-electron chi connectivity index (χ0n) is 11.1. The minimum absolute atomic E-state index is 0.0764. The lowest BCUT2D eigenvalue weighted by Gasteiger charge is -2.35. The quantitative estimate of drug-likeness (QED) is 0.766. The van der Waals surface area contributed by atoms with Crippen molar-refractivity contribution in [3.63, 3.8) is 0 Å². The van der Waals surface area contributed by atoms with Crippen molar-refractivity contribution in [1.82, 2.24) is 4.90 Å². The molecule has 1 N–H and O–H groups in total. The Hall–Kier alpha value is -1.26. The fourth-order valence-corrected chi connectivity index (χ4v) is 2.03. The van der Waals surface area contributed by atoms with Crippen LogP contribution in [0.15, 0.2) is 0 Å². The Bertz CT molecular complexity index is 334. The van der Waals surface area contributed by atoms with Crippen LogP contribution in [0.5, 0.6) is 0 Å². The maximum absolute atomic E-state index is 12.0. The predicted octanol–water partition coefficient (Wildman–Crippen LogP) is 2.11. The summed E-state index contributed by atoms with van der Waals surface area (Å²) < 4.78 is 5.24. The lowest BCUT2D eigenvalue weighted by atomic mass is 9.88. The van der Waals surface area contributed by atoms with E-state index < -0.39 is 23.2 Å². The highest BCUT2D eigenvalue weighted by atomic mass is 16.6. The summed E-state index contributed by atoms with van der Waals surface area (Å²) in [6.45, 7) is 9.15. The van der Waals surface area contributed by atoms with E-state index in [0.29, 0.717) is 13.0 Å². The number of ether oxygens (including phenoxy) is 1. The largest absolute Gasteiger partial charge is 0.479 e. The van der Waals surface area contributed by atoms with Crippen LogP contribution in [0.2, 0.25) is 0 Å². The van der Waals surface area contributed by atoms with Crippen molar-refractivity contribution in [2.45, 2.75) is 52.2 Å². The molecular formula is C12H21NO4. The molecule has 0 unspecified atom stereocenters. The molecule has 5 nitrogen and oxygen atoms in total. The summed E-state index contributed by atoms with van der Waals surface area (Å²) in [5.74, 6) is -1.05. The molecule has 0 aromatic rings. The maximum atomic E-state index is 12.0. The summed E-state index contributed by atoms with van der Waals surface area (Å²) in [7, 11) is 0. The van der Waals surface area contributed by atoms with Crippen molar-refractivity contribution in [1.29, 1.82) is 0 Å². The number of hydrogen-bond donors (Lipinski definition) is 1. The molecule has 0 radical (unpaired) electrons. The van der Waals surface area contributed by atoms with Crippen LogP contribution < -0.4 is 0 Å². The second-order valence-electron chi connectivity index (χ2n) is 5.77. The summed E-state index contributed by atoms with van der Waals surface area (Å²) >= 11 is 0. The SMILES string of the molecule is C[C@H]1CCN(C(=O)OC(C)(C)C)[C@@]1(C)C(=O)O. The molecule has 0 aromatic carbocycles. The summed E-state index contributed by atoms with van der Waals surface area (Å²) in [5.41, 5.74) is -1.77. The third-order valence-corrected chi connectivity index (χ3v) is 3.35. The number of carbonyl (C=O) groups excluding carboxylic acids is 1. The van der Waals surface area contributed by atoms with Gasteiger partial charge in [0.15, 0.2) is 0 Å². The number of nitrogens with zero attached hydrogens (tertiary/aromatic N) is 1. The van der Waals surface area contributed by atoms with Crippen LogP contribution in [0, 0.1) is 5.92 Å². The molecule has 0 bridgehead atoms. The molecule has 1 rings (SSSR count). The summed E-state index contributed by atoms with van der Waals surface area (Å²) in [4.78, 5) is 24.7. The van der Waals surface area contributed by atoms with Crippen LogP contribution in [0.3, 0.4) is 0 Å². The van der Waals surface area contributed by atoms with Crippen LogP contribution in [0.1, 0.15) is 41.0 Å². The first-order chi connectivity index (χ1) is 7.59. The fraction of sp³-hybridized carbons (Fsp3) is 0.833. The second-order valence-corrected chi connectivity index (χ2v) is 5.77. The Morgan fingerprint density at radius 3 is 2.35 bits per heavy atom. The van der Waals surface area contributed by atoms with E-state index in [1.54, 1.807) is 27.7 Å². The van der Waals surface area contributed by atoms with Gasteiger partial charge in [0.1, 0.15) is 11.1 Å². The molecule has 17 heavy (non-hydrogen) atoms. The van der Waals surface area contributed by atoms with Gasteiger partial charge >= 0.3 is 12.1 Å². The number of hydrogen-bond acceptors (Lipinski definition) is 3. The van der Waals surface area contributed by atoms with Crippen molar-refractivity contribution >= 4 is 12.1 Å². The van der Waals surface area contributed by atoms with Gasteiger partial charge in [-0.15, -0.1) is 0 Å². The second kappa shape index (κ2) is 4.20. The molecule has 5 heteroatoms.